The van der Waals surface area contributed by atoms with Crippen LogP contribution in [0.15, 0.2) is 0 Å². The number of carbonyl (C=O) groups excluding carboxylic acids is 1. The van der Waals surface area contributed by atoms with Gasteiger partial charge in [-0.05, 0) is 32.2 Å². The van der Waals surface area contributed by atoms with Crippen molar-refractivity contribution in [1.82, 2.24) is 10.2 Å². The van der Waals surface area contributed by atoms with E-state index in [9.17, 15) is 4.79 Å². The highest BCUT2D eigenvalue weighted by Gasteiger charge is 2.50. The monoisotopic (exact) mass is 251 g/mol. The predicted molar refractivity (Wildman–Crippen MR) is 71.1 cm³/mol. The van der Waals surface area contributed by atoms with Gasteiger partial charge in [0.05, 0.1) is 0 Å². The van der Waals surface area contributed by atoms with Gasteiger partial charge in [0, 0.05) is 25.0 Å². The van der Waals surface area contributed by atoms with E-state index >= 15 is 0 Å². The fourth-order valence-electron chi connectivity index (χ4n) is 4.17. The van der Waals surface area contributed by atoms with Crippen molar-refractivity contribution in [2.24, 2.45) is 11.7 Å². The number of nitrogens with one attached hydrogen (secondary N) is 1. The Balaban J connectivity index is 1.75. The maximum Gasteiger partial charge on any atom is 0.238 e. The maximum atomic E-state index is 12.1. The SMILES string of the molecule is NC(=O)C1(NC2CCCCC2)CCN2CCC1C2. The normalized spacial score (nSPS) is 40.9. The summed E-state index contributed by atoms with van der Waals surface area (Å²) < 4.78 is 0. The number of nitrogens with two attached hydrogens (primary N) is 1. The molecule has 4 heteroatoms. The first-order valence-corrected chi connectivity index (χ1v) is 7.51. The van der Waals surface area contributed by atoms with Gasteiger partial charge in [-0.25, -0.2) is 0 Å². The molecule has 3 rings (SSSR count). The van der Waals surface area contributed by atoms with E-state index < -0.39 is 5.54 Å². The van der Waals surface area contributed by atoms with Crippen LogP contribution < -0.4 is 11.1 Å². The number of hydrogen-bond donors (Lipinski definition) is 2. The second-order valence-electron chi connectivity index (χ2n) is 6.35. The molecule has 2 heterocycles. The zero-order chi connectivity index (χ0) is 12.6. The predicted octanol–water partition coefficient (Wildman–Crippen LogP) is 0.858. The molecule has 2 aliphatic heterocycles. The van der Waals surface area contributed by atoms with Gasteiger partial charge in [0.1, 0.15) is 5.54 Å². The van der Waals surface area contributed by atoms with Crippen LogP contribution in [-0.4, -0.2) is 42.0 Å². The van der Waals surface area contributed by atoms with E-state index in [1.165, 1.54) is 32.1 Å². The molecular weight excluding hydrogens is 226 g/mol. The number of carbonyl (C=O) groups is 1. The number of hydrogen-bond acceptors (Lipinski definition) is 3. The third-order valence-electron chi connectivity index (χ3n) is 5.30. The Hall–Kier alpha value is -0.610. The molecule has 0 spiro atoms. The molecular formula is C14H25N3O. The summed E-state index contributed by atoms with van der Waals surface area (Å²) in [4.78, 5) is 14.5. The molecule has 3 aliphatic rings. The number of piperidine rings is 1. The zero-order valence-electron chi connectivity index (χ0n) is 11.2. The Bertz CT molecular complexity index is 327. The molecule has 0 aromatic rings. The third-order valence-corrected chi connectivity index (χ3v) is 5.30. The van der Waals surface area contributed by atoms with Crippen LogP contribution in [-0.2, 0) is 4.79 Å². The fourth-order valence-corrected chi connectivity index (χ4v) is 4.17. The molecule has 2 saturated heterocycles. The largest absolute Gasteiger partial charge is 0.368 e. The first kappa shape index (κ1) is 12.4. The molecule has 3 N–H and O–H groups in total. The topological polar surface area (TPSA) is 58.4 Å². The molecule has 1 amide bonds. The summed E-state index contributed by atoms with van der Waals surface area (Å²) in [5, 5.41) is 3.70. The molecule has 3 atom stereocenters. The average molecular weight is 251 g/mol. The van der Waals surface area contributed by atoms with Crippen LogP contribution in [0.5, 0.6) is 0 Å². The van der Waals surface area contributed by atoms with E-state index in [1.807, 2.05) is 0 Å². The van der Waals surface area contributed by atoms with Crippen LogP contribution in [0.1, 0.15) is 44.9 Å². The van der Waals surface area contributed by atoms with Crippen molar-refractivity contribution in [3.05, 3.63) is 0 Å². The van der Waals surface area contributed by atoms with E-state index in [0.29, 0.717) is 12.0 Å². The molecule has 0 aromatic heterocycles. The van der Waals surface area contributed by atoms with Gasteiger partial charge in [-0.1, -0.05) is 19.3 Å². The van der Waals surface area contributed by atoms with Crippen molar-refractivity contribution in [2.45, 2.75) is 56.5 Å². The second-order valence-corrected chi connectivity index (χ2v) is 6.35. The fraction of sp³-hybridized carbons (Fsp3) is 0.929. The molecule has 2 bridgehead atoms. The number of nitrogens with zero attached hydrogens (tertiary/aromatic N) is 1. The zero-order valence-corrected chi connectivity index (χ0v) is 11.2. The molecule has 4 nitrogen and oxygen atoms in total. The van der Waals surface area contributed by atoms with Crippen molar-refractivity contribution < 1.29 is 4.79 Å². The van der Waals surface area contributed by atoms with Crippen molar-refractivity contribution in [2.75, 3.05) is 19.6 Å². The lowest BCUT2D eigenvalue weighted by molar-refractivity contribution is -0.128. The highest BCUT2D eigenvalue weighted by molar-refractivity contribution is 5.85. The molecule has 1 saturated carbocycles. The van der Waals surface area contributed by atoms with Crippen LogP contribution in [0, 0.1) is 5.92 Å². The quantitative estimate of drug-likeness (QED) is 0.782. The van der Waals surface area contributed by atoms with Gasteiger partial charge in [-0.3, -0.25) is 4.79 Å². The van der Waals surface area contributed by atoms with Crippen LogP contribution >= 0.6 is 0 Å². The first-order chi connectivity index (χ1) is 8.71. The number of rotatable bonds is 3. The summed E-state index contributed by atoms with van der Waals surface area (Å²) in [5.74, 6) is 0.324. The summed E-state index contributed by atoms with van der Waals surface area (Å²) in [5.41, 5.74) is 5.38. The Morgan fingerprint density at radius 1 is 1.17 bits per heavy atom. The lowest BCUT2D eigenvalue weighted by Crippen LogP contribution is -2.66. The van der Waals surface area contributed by atoms with E-state index in [-0.39, 0.29) is 5.91 Å². The van der Waals surface area contributed by atoms with Gasteiger partial charge < -0.3 is 16.0 Å². The maximum absolute atomic E-state index is 12.1. The summed E-state index contributed by atoms with van der Waals surface area (Å²) >= 11 is 0. The van der Waals surface area contributed by atoms with Crippen molar-refractivity contribution in [3.8, 4) is 0 Å². The number of fused-ring (bicyclic) bond motifs is 2. The minimum atomic E-state index is -0.408. The van der Waals surface area contributed by atoms with Gasteiger partial charge in [0.15, 0.2) is 0 Å². The lowest BCUT2D eigenvalue weighted by Gasteiger charge is -2.44. The van der Waals surface area contributed by atoms with Crippen LogP contribution in [0.2, 0.25) is 0 Å². The van der Waals surface area contributed by atoms with Gasteiger partial charge in [0.2, 0.25) is 5.91 Å². The average Bonchev–Trinajstić information content (AvgIpc) is 2.78. The second kappa shape index (κ2) is 4.82. The van der Waals surface area contributed by atoms with Crippen LogP contribution in [0.25, 0.3) is 0 Å². The summed E-state index contributed by atoms with van der Waals surface area (Å²) in [6, 6.07) is 0.512. The minimum Gasteiger partial charge on any atom is -0.368 e. The smallest absolute Gasteiger partial charge is 0.238 e. The van der Waals surface area contributed by atoms with E-state index in [2.05, 4.69) is 10.2 Å². The Morgan fingerprint density at radius 3 is 2.67 bits per heavy atom. The molecule has 3 fully saturated rings. The van der Waals surface area contributed by atoms with Gasteiger partial charge in [-0.2, -0.15) is 0 Å². The van der Waals surface area contributed by atoms with E-state index in [0.717, 1.165) is 32.5 Å². The van der Waals surface area contributed by atoms with E-state index in [4.69, 9.17) is 5.73 Å². The molecule has 0 radical (unpaired) electrons. The molecule has 18 heavy (non-hydrogen) atoms. The molecule has 102 valence electrons. The molecule has 3 unspecified atom stereocenters. The minimum absolute atomic E-state index is 0.111. The number of amides is 1. The van der Waals surface area contributed by atoms with Crippen molar-refractivity contribution in [1.29, 1.82) is 0 Å². The van der Waals surface area contributed by atoms with Gasteiger partial charge in [0.25, 0.3) is 0 Å². The van der Waals surface area contributed by atoms with Crippen LogP contribution in [0.4, 0.5) is 0 Å². The Labute approximate surface area is 109 Å². The summed E-state index contributed by atoms with van der Waals surface area (Å²) in [6.45, 7) is 3.23. The standard InChI is InChI=1S/C14H25N3O/c15-13(18)14(16-12-4-2-1-3-5-12)7-9-17-8-6-11(14)10-17/h11-12,16H,1-10H2,(H2,15,18). The highest BCUT2D eigenvalue weighted by atomic mass is 16.1. The summed E-state index contributed by atoms with van der Waals surface area (Å²) in [7, 11) is 0. The highest BCUT2D eigenvalue weighted by Crippen LogP contribution is 2.37. The van der Waals surface area contributed by atoms with Gasteiger partial charge >= 0.3 is 0 Å². The van der Waals surface area contributed by atoms with Crippen molar-refractivity contribution in [3.63, 3.8) is 0 Å². The van der Waals surface area contributed by atoms with E-state index in [1.54, 1.807) is 0 Å². The Kier molecular flexibility index (Phi) is 3.32. The summed E-state index contributed by atoms with van der Waals surface area (Å²) in [6.07, 6.45) is 8.40. The van der Waals surface area contributed by atoms with Crippen LogP contribution in [0.3, 0.4) is 0 Å². The molecule has 0 aromatic carbocycles. The lowest BCUT2D eigenvalue weighted by atomic mass is 9.76. The molecule has 1 aliphatic carbocycles. The number of primary amides is 1. The first-order valence-electron chi connectivity index (χ1n) is 7.51. The van der Waals surface area contributed by atoms with Gasteiger partial charge in [-0.15, -0.1) is 0 Å². The third kappa shape index (κ3) is 2.05. The Morgan fingerprint density at radius 2 is 1.94 bits per heavy atom. The van der Waals surface area contributed by atoms with Crippen molar-refractivity contribution >= 4 is 5.91 Å².